The predicted octanol–water partition coefficient (Wildman–Crippen LogP) is 5.30. The molecule has 1 atom stereocenters. The summed E-state index contributed by atoms with van der Waals surface area (Å²) >= 11 is 1.68. The summed E-state index contributed by atoms with van der Waals surface area (Å²) in [5.41, 5.74) is 4.08. The molecule has 1 unspecified atom stereocenters. The molecular formula is C22H21NO3S. The molecule has 1 aromatic heterocycles. The Morgan fingerprint density at radius 2 is 1.96 bits per heavy atom. The van der Waals surface area contributed by atoms with Crippen LogP contribution in [0.1, 0.15) is 29.7 Å². The fraction of sp³-hybridized carbons (Fsp3) is 0.227. The van der Waals surface area contributed by atoms with Gasteiger partial charge in [0.15, 0.2) is 11.5 Å². The molecule has 0 bridgehead atoms. The molecule has 1 aliphatic rings. The molecule has 4 nitrogen and oxygen atoms in total. The van der Waals surface area contributed by atoms with E-state index < -0.39 is 0 Å². The van der Waals surface area contributed by atoms with Crippen molar-refractivity contribution in [2.45, 2.75) is 19.3 Å². The Kier molecular flexibility index (Phi) is 4.86. The van der Waals surface area contributed by atoms with Crippen LogP contribution in [0.15, 0.2) is 53.9 Å². The van der Waals surface area contributed by atoms with Crippen LogP contribution in [0.4, 0.5) is 5.69 Å². The highest BCUT2D eigenvalue weighted by atomic mass is 32.1. The van der Waals surface area contributed by atoms with Gasteiger partial charge in [0, 0.05) is 33.7 Å². The molecule has 4 rings (SSSR count). The smallest absolute Gasteiger partial charge is 0.225 e. The second kappa shape index (κ2) is 7.45. The molecule has 3 aromatic rings. The van der Waals surface area contributed by atoms with Gasteiger partial charge in [0.1, 0.15) is 0 Å². The van der Waals surface area contributed by atoms with Crippen LogP contribution >= 0.6 is 11.3 Å². The summed E-state index contributed by atoms with van der Waals surface area (Å²) in [5.74, 6) is 1.39. The number of thiophene rings is 1. The average molecular weight is 379 g/mol. The van der Waals surface area contributed by atoms with Crippen molar-refractivity contribution in [2.24, 2.45) is 0 Å². The first-order valence-electron chi connectivity index (χ1n) is 8.99. The SMILES string of the molecule is CCOc1c(OC)cccc1C1CC(=O)Nc2c(-c3ccccc3)csc21. The number of para-hydroxylation sites is 1. The minimum atomic E-state index is -0.0483. The van der Waals surface area contributed by atoms with Gasteiger partial charge in [-0.2, -0.15) is 0 Å². The van der Waals surface area contributed by atoms with Gasteiger partial charge in [0.2, 0.25) is 5.91 Å². The lowest BCUT2D eigenvalue weighted by Gasteiger charge is -2.26. The first-order chi connectivity index (χ1) is 13.2. The molecular weight excluding hydrogens is 358 g/mol. The van der Waals surface area contributed by atoms with Crippen molar-refractivity contribution in [3.05, 3.63) is 64.4 Å². The van der Waals surface area contributed by atoms with Crippen LogP contribution in [-0.4, -0.2) is 19.6 Å². The van der Waals surface area contributed by atoms with Crippen molar-refractivity contribution < 1.29 is 14.3 Å². The molecule has 2 heterocycles. The summed E-state index contributed by atoms with van der Waals surface area (Å²) in [6.07, 6.45) is 0.398. The molecule has 1 aliphatic heterocycles. The van der Waals surface area contributed by atoms with E-state index in [0.717, 1.165) is 33.0 Å². The van der Waals surface area contributed by atoms with E-state index in [9.17, 15) is 4.79 Å². The molecule has 5 heteroatoms. The zero-order valence-corrected chi connectivity index (χ0v) is 16.1. The van der Waals surface area contributed by atoms with Crippen LogP contribution in [0.5, 0.6) is 11.5 Å². The molecule has 138 valence electrons. The Morgan fingerprint density at radius 1 is 1.15 bits per heavy atom. The van der Waals surface area contributed by atoms with Crippen molar-refractivity contribution in [1.82, 2.24) is 0 Å². The van der Waals surface area contributed by atoms with E-state index in [2.05, 4.69) is 22.8 Å². The van der Waals surface area contributed by atoms with E-state index in [0.29, 0.717) is 18.8 Å². The standard InChI is InChI=1S/C22H21NO3S/c1-3-26-21-15(10-7-11-18(21)25-2)16-12-19(24)23-20-17(13-27-22(16)20)14-8-5-4-6-9-14/h4-11,13,16H,3,12H2,1-2H3,(H,23,24). The Labute approximate surface area is 162 Å². The largest absolute Gasteiger partial charge is 0.493 e. The minimum absolute atomic E-state index is 0.0216. The lowest BCUT2D eigenvalue weighted by Crippen LogP contribution is -2.23. The zero-order chi connectivity index (χ0) is 18.8. The van der Waals surface area contributed by atoms with Crippen LogP contribution in [0.3, 0.4) is 0 Å². The van der Waals surface area contributed by atoms with Crippen LogP contribution < -0.4 is 14.8 Å². The van der Waals surface area contributed by atoms with Gasteiger partial charge < -0.3 is 14.8 Å². The van der Waals surface area contributed by atoms with E-state index in [4.69, 9.17) is 9.47 Å². The number of nitrogens with one attached hydrogen (secondary N) is 1. The van der Waals surface area contributed by atoms with Gasteiger partial charge in [-0.1, -0.05) is 42.5 Å². The van der Waals surface area contributed by atoms with Gasteiger partial charge in [0.25, 0.3) is 0 Å². The van der Waals surface area contributed by atoms with Gasteiger partial charge in [-0.05, 0) is 18.6 Å². The van der Waals surface area contributed by atoms with E-state index in [1.54, 1.807) is 18.4 Å². The van der Waals surface area contributed by atoms with Crippen molar-refractivity contribution in [3.8, 4) is 22.6 Å². The number of methoxy groups -OCH3 is 1. The van der Waals surface area contributed by atoms with Crippen LogP contribution in [0.2, 0.25) is 0 Å². The quantitative estimate of drug-likeness (QED) is 0.655. The fourth-order valence-corrected chi connectivity index (χ4v) is 4.73. The Bertz CT molecular complexity index is 965. The van der Waals surface area contributed by atoms with Gasteiger partial charge in [0.05, 0.1) is 19.4 Å². The summed E-state index contributed by atoms with van der Waals surface area (Å²) in [4.78, 5) is 13.7. The van der Waals surface area contributed by atoms with Crippen LogP contribution in [-0.2, 0) is 4.79 Å². The summed E-state index contributed by atoms with van der Waals surface area (Å²) in [6.45, 7) is 2.49. The Balaban J connectivity index is 1.84. The fourth-order valence-electron chi connectivity index (χ4n) is 3.57. The molecule has 0 spiro atoms. The van der Waals surface area contributed by atoms with Gasteiger partial charge in [-0.3, -0.25) is 4.79 Å². The maximum atomic E-state index is 12.5. The maximum absolute atomic E-state index is 12.5. The third kappa shape index (κ3) is 3.19. The summed E-state index contributed by atoms with van der Waals surface area (Å²) in [7, 11) is 1.64. The first kappa shape index (κ1) is 17.6. The minimum Gasteiger partial charge on any atom is -0.493 e. The van der Waals surface area contributed by atoms with Crippen molar-refractivity contribution in [2.75, 3.05) is 19.0 Å². The highest BCUT2D eigenvalue weighted by Crippen LogP contribution is 2.49. The van der Waals surface area contributed by atoms with Gasteiger partial charge in [-0.25, -0.2) is 0 Å². The van der Waals surface area contributed by atoms with Crippen LogP contribution in [0, 0.1) is 0 Å². The number of fused-ring (bicyclic) bond motifs is 1. The van der Waals surface area contributed by atoms with E-state index in [1.165, 1.54) is 0 Å². The average Bonchev–Trinajstić information content (AvgIpc) is 3.12. The van der Waals surface area contributed by atoms with E-state index in [-0.39, 0.29) is 11.8 Å². The summed E-state index contributed by atoms with van der Waals surface area (Å²) in [5, 5.41) is 5.21. The molecule has 0 radical (unpaired) electrons. The van der Waals surface area contributed by atoms with Crippen molar-refractivity contribution in [1.29, 1.82) is 0 Å². The summed E-state index contributed by atoms with van der Waals surface area (Å²) < 4.78 is 11.4. The molecule has 0 aliphatic carbocycles. The second-order valence-electron chi connectivity index (χ2n) is 6.37. The number of hydrogen-bond acceptors (Lipinski definition) is 4. The van der Waals surface area contributed by atoms with E-state index >= 15 is 0 Å². The Morgan fingerprint density at radius 3 is 2.70 bits per heavy atom. The molecule has 0 saturated heterocycles. The highest BCUT2D eigenvalue weighted by molar-refractivity contribution is 7.11. The third-order valence-electron chi connectivity index (χ3n) is 4.77. The number of amides is 1. The molecule has 1 N–H and O–H groups in total. The monoisotopic (exact) mass is 379 g/mol. The predicted molar refractivity (Wildman–Crippen MR) is 109 cm³/mol. The second-order valence-corrected chi connectivity index (χ2v) is 7.28. The van der Waals surface area contributed by atoms with Crippen molar-refractivity contribution in [3.63, 3.8) is 0 Å². The number of rotatable bonds is 5. The number of anilines is 1. The molecule has 27 heavy (non-hydrogen) atoms. The lowest BCUT2D eigenvalue weighted by atomic mass is 9.88. The molecule has 0 fully saturated rings. The van der Waals surface area contributed by atoms with Crippen molar-refractivity contribution >= 4 is 22.9 Å². The zero-order valence-electron chi connectivity index (χ0n) is 15.3. The maximum Gasteiger partial charge on any atom is 0.225 e. The summed E-state index contributed by atoms with van der Waals surface area (Å²) in [6, 6.07) is 16.0. The van der Waals surface area contributed by atoms with Crippen LogP contribution in [0.25, 0.3) is 11.1 Å². The number of benzene rings is 2. The topological polar surface area (TPSA) is 47.6 Å². The van der Waals surface area contributed by atoms with Gasteiger partial charge >= 0.3 is 0 Å². The normalized spacial score (nSPS) is 15.8. The molecule has 0 saturated carbocycles. The number of ether oxygens (including phenoxy) is 2. The number of carbonyl (C=O) groups is 1. The third-order valence-corrected chi connectivity index (χ3v) is 5.86. The molecule has 2 aromatic carbocycles. The van der Waals surface area contributed by atoms with E-state index in [1.807, 2.05) is 43.3 Å². The first-order valence-corrected chi connectivity index (χ1v) is 9.87. The highest BCUT2D eigenvalue weighted by Gasteiger charge is 2.32. The number of hydrogen-bond donors (Lipinski definition) is 1. The lowest BCUT2D eigenvalue weighted by molar-refractivity contribution is -0.116. The molecule has 1 amide bonds. The Hall–Kier alpha value is -2.79. The number of carbonyl (C=O) groups excluding carboxylic acids is 1. The van der Waals surface area contributed by atoms with Gasteiger partial charge in [-0.15, -0.1) is 11.3 Å².